The average molecular weight is 274 g/mol. The van der Waals surface area contributed by atoms with Crippen LogP contribution in [0.1, 0.15) is 42.9 Å². The van der Waals surface area contributed by atoms with Crippen molar-refractivity contribution in [3.05, 3.63) is 59.2 Å². The monoisotopic (exact) mass is 274 g/mol. The molecule has 3 aromatic rings. The van der Waals surface area contributed by atoms with Crippen LogP contribution in [0.3, 0.4) is 0 Å². The van der Waals surface area contributed by atoms with Crippen LogP contribution in [0.15, 0.2) is 42.5 Å². The lowest BCUT2D eigenvalue weighted by molar-refractivity contribution is 0.429. The minimum absolute atomic E-state index is 0.666. The highest BCUT2D eigenvalue weighted by Crippen LogP contribution is 2.41. The summed E-state index contributed by atoms with van der Waals surface area (Å²) in [4.78, 5) is 0. The zero-order valence-corrected chi connectivity index (χ0v) is 13.1. The molecule has 0 saturated carbocycles. The summed E-state index contributed by atoms with van der Waals surface area (Å²) >= 11 is 0. The summed E-state index contributed by atoms with van der Waals surface area (Å²) in [6.45, 7) is 7.01. The Morgan fingerprint density at radius 3 is 2.38 bits per heavy atom. The Bertz CT molecular complexity index is 841. The van der Waals surface area contributed by atoms with Gasteiger partial charge >= 0.3 is 0 Å². The van der Waals surface area contributed by atoms with Gasteiger partial charge in [-0.15, -0.1) is 0 Å². The Kier molecular flexibility index (Phi) is 2.82. The van der Waals surface area contributed by atoms with Gasteiger partial charge in [-0.2, -0.15) is 0 Å². The summed E-state index contributed by atoms with van der Waals surface area (Å²) in [6.07, 6.45) is 2.56. The van der Waals surface area contributed by atoms with Gasteiger partial charge in [0.05, 0.1) is 0 Å². The second-order valence-corrected chi connectivity index (χ2v) is 6.77. The molecule has 1 aliphatic rings. The SMILES string of the molecule is Cc1cccc2c1ccc1c3c(ccc12)CC[C@@H](C)[C@@H]3C. The largest absolute Gasteiger partial charge is 0.0619 e. The van der Waals surface area contributed by atoms with E-state index >= 15 is 0 Å². The first kappa shape index (κ1) is 12.9. The van der Waals surface area contributed by atoms with E-state index in [1.165, 1.54) is 39.9 Å². The van der Waals surface area contributed by atoms with Gasteiger partial charge in [0.25, 0.3) is 0 Å². The van der Waals surface area contributed by atoms with E-state index in [2.05, 4.69) is 63.2 Å². The molecule has 0 aliphatic heterocycles. The number of aryl methyl sites for hydroxylation is 2. The third-order valence-electron chi connectivity index (χ3n) is 5.59. The van der Waals surface area contributed by atoms with Crippen LogP contribution in [-0.2, 0) is 6.42 Å². The minimum atomic E-state index is 0.666. The molecule has 3 aromatic carbocycles. The van der Waals surface area contributed by atoms with Crippen LogP contribution in [0, 0.1) is 12.8 Å². The molecule has 0 bridgehead atoms. The second kappa shape index (κ2) is 4.59. The van der Waals surface area contributed by atoms with E-state index in [1.807, 2.05) is 0 Å². The Labute approximate surface area is 126 Å². The van der Waals surface area contributed by atoms with Crippen LogP contribution < -0.4 is 0 Å². The molecule has 0 nitrogen and oxygen atoms in total. The number of fused-ring (bicyclic) bond motifs is 5. The molecule has 2 atom stereocenters. The topological polar surface area (TPSA) is 0 Å². The Morgan fingerprint density at radius 1 is 0.810 bits per heavy atom. The standard InChI is InChI=1S/C21H22/c1-13-7-8-16-9-10-19-18-6-4-5-14(2)17(18)11-12-20(19)21(16)15(13)3/h4-6,9-13,15H,7-8H2,1-3H3/t13-,15+/m1/s1. The molecule has 21 heavy (non-hydrogen) atoms. The maximum absolute atomic E-state index is 2.41. The number of rotatable bonds is 0. The van der Waals surface area contributed by atoms with Gasteiger partial charge in [0.2, 0.25) is 0 Å². The van der Waals surface area contributed by atoms with E-state index in [0.717, 1.165) is 5.92 Å². The summed E-state index contributed by atoms with van der Waals surface area (Å²) in [5, 5.41) is 5.70. The molecule has 0 saturated heterocycles. The third-order valence-corrected chi connectivity index (χ3v) is 5.59. The summed E-state index contributed by atoms with van der Waals surface area (Å²) in [5.41, 5.74) is 4.54. The van der Waals surface area contributed by atoms with E-state index in [4.69, 9.17) is 0 Å². The normalized spacial score (nSPS) is 21.7. The Morgan fingerprint density at radius 2 is 1.52 bits per heavy atom. The van der Waals surface area contributed by atoms with Crippen molar-refractivity contribution in [2.75, 3.05) is 0 Å². The van der Waals surface area contributed by atoms with Gasteiger partial charge in [-0.05, 0) is 69.8 Å². The quantitative estimate of drug-likeness (QED) is 0.442. The predicted octanol–water partition coefficient (Wildman–Crippen LogP) is 5.99. The first-order valence-corrected chi connectivity index (χ1v) is 8.10. The van der Waals surface area contributed by atoms with Crippen LogP contribution in [-0.4, -0.2) is 0 Å². The van der Waals surface area contributed by atoms with Crippen LogP contribution in [0.25, 0.3) is 21.5 Å². The highest BCUT2D eigenvalue weighted by atomic mass is 14.3. The molecule has 1 aliphatic carbocycles. The van der Waals surface area contributed by atoms with Gasteiger partial charge in [-0.25, -0.2) is 0 Å². The van der Waals surface area contributed by atoms with Crippen LogP contribution >= 0.6 is 0 Å². The van der Waals surface area contributed by atoms with E-state index in [9.17, 15) is 0 Å². The molecule has 0 aromatic heterocycles. The lowest BCUT2D eigenvalue weighted by Crippen LogP contribution is -2.16. The van der Waals surface area contributed by atoms with Gasteiger partial charge in [0.1, 0.15) is 0 Å². The lowest BCUT2D eigenvalue weighted by atomic mass is 9.75. The van der Waals surface area contributed by atoms with Crippen molar-refractivity contribution in [1.82, 2.24) is 0 Å². The van der Waals surface area contributed by atoms with Gasteiger partial charge in [0.15, 0.2) is 0 Å². The maximum Gasteiger partial charge on any atom is -0.0102 e. The van der Waals surface area contributed by atoms with Crippen molar-refractivity contribution in [2.24, 2.45) is 5.92 Å². The third kappa shape index (κ3) is 1.82. The molecule has 0 heteroatoms. The molecular weight excluding hydrogens is 252 g/mol. The number of hydrogen-bond acceptors (Lipinski definition) is 0. The second-order valence-electron chi connectivity index (χ2n) is 6.77. The molecule has 0 fully saturated rings. The molecule has 106 valence electrons. The van der Waals surface area contributed by atoms with Crippen molar-refractivity contribution in [3.8, 4) is 0 Å². The zero-order valence-electron chi connectivity index (χ0n) is 13.1. The van der Waals surface area contributed by atoms with Gasteiger partial charge in [0, 0.05) is 0 Å². The van der Waals surface area contributed by atoms with E-state index < -0.39 is 0 Å². The van der Waals surface area contributed by atoms with Crippen molar-refractivity contribution in [2.45, 2.75) is 39.5 Å². The molecule has 4 rings (SSSR count). The summed E-state index contributed by atoms with van der Waals surface area (Å²) in [6, 6.07) is 16.1. The molecule has 0 spiro atoms. The van der Waals surface area contributed by atoms with Crippen LogP contribution in [0.5, 0.6) is 0 Å². The maximum atomic E-state index is 2.41. The molecule has 0 N–H and O–H groups in total. The van der Waals surface area contributed by atoms with E-state index in [1.54, 1.807) is 11.1 Å². The first-order valence-electron chi connectivity index (χ1n) is 8.10. The van der Waals surface area contributed by atoms with Crippen molar-refractivity contribution < 1.29 is 0 Å². The van der Waals surface area contributed by atoms with E-state index in [-0.39, 0.29) is 0 Å². The minimum Gasteiger partial charge on any atom is -0.0619 e. The molecule has 0 heterocycles. The molecule has 0 unspecified atom stereocenters. The van der Waals surface area contributed by atoms with Crippen molar-refractivity contribution in [3.63, 3.8) is 0 Å². The fourth-order valence-corrected chi connectivity index (χ4v) is 4.07. The smallest absolute Gasteiger partial charge is 0.0102 e. The van der Waals surface area contributed by atoms with E-state index in [0.29, 0.717) is 5.92 Å². The van der Waals surface area contributed by atoms with Gasteiger partial charge < -0.3 is 0 Å². The molecular formula is C21H22. The molecule has 0 radical (unpaired) electrons. The Balaban J connectivity index is 2.12. The Hall–Kier alpha value is -1.82. The van der Waals surface area contributed by atoms with Crippen LogP contribution in [0.4, 0.5) is 0 Å². The van der Waals surface area contributed by atoms with Gasteiger partial charge in [-0.1, -0.05) is 56.3 Å². The first-order chi connectivity index (χ1) is 10.2. The number of hydrogen-bond donors (Lipinski definition) is 0. The van der Waals surface area contributed by atoms with Crippen molar-refractivity contribution in [1.29, 1.82) is 0 Å². The highest BCUT2D eigenvalue weighted by molar-refractivity contribution is 6.09. The predicted molar refractivity (Wildman–Crippen MR) is 92.1 cm³/mol. The highest BCUT2D eigenvalue weighted by Gasteiger charge is 2.24. The average Bonchev–Trinajstić information content (AvgIpc) is 2.50. The summed E-state index contributed by atoms with van der Waals surface area (Å²) in [7, 11) is 0. The number of benzene rings is 3. The summed E-state index contributed by atoms with van der Waals surface area (Å²) in [5.74, 6) is 1.45. The fraction of sp³-hybridized carbons (Fsp3) is 0.333. The zero-order chi connectivity index (χ0) is 14.6. The van der Waals surface area contributed by atoms with Crippen molar-refractivity contribution >= 4 is 21.5 Å². The lowest BCUT2D eigenvalue weighted by Gasteiger charge is -2.30. The van der Waals surface area contributed by atoms with Gasteiger partial charge in [-0.3, -0.25) is 0 Å². The summed E-state index contributed by atoms with van der Waals surface area (Å²) < 4.78 is 0. The molecule has 0 amide bonds. The fourth-order valence-electron chi connectivity index (χ4n) is 4.07. The van der Waals surface area contributed by atoms with Crippen LogP contribution in [0.2, 0.25) is 0 Å².